The second-order valence-electron chi connectivity index (χ2n) is 4.72. The van der Waals surface area contributed by atoms with Crippen LogP contribution >= 0.6 is 0 Å². The number of hydrogen-bond acceptors (Lipinski definition) is 2. The van der Waals surface area contributed by atoms with Gasteiger partial charge in [-0.2, -0.15) is 0 Å². The molecule has 0 amide bonds. The van der Waals surface area contributed by atoms with Gasteiger partial charge in [0.25, 0.3) is 0 Å². The Kier molecular flexibility index (Phi) is 5.33. The molecule has 0 fully saturated rings. The number of quaternary nitrogens is 1. The van der Waals surface area contributed by atoms with Gasteiger partial charge in [-0.25, -0.2) is 4.79 Å². The van der Waals surface area contributed by atoms with E-state index in [1.807, 2.05) is 73.0 Å². The Balaban J connectivity index is 1.89. The van der Waals surface area contributed by atoms with Crippen molar-refractivity contribution in [1.82, 2.24) is 0 Å². The molecule has 0 spiro atoms. The first-order chi connectivity index (χ1) is 9.79. The molecule has 20 heavy (non-hydrogen) atoms. The van der Waals surface area contributed by atoms with E-state index in [-0.39, 0.29) is 12.0 Å². The Morgan fingerprint density at radius 3 is 2.10 bits per heavy atom. The number of esters is 1. The number of benzene rings is 2. The Labute approximate surface area is 119 Å². The van der Waals surface area contributed by atoms with Gasteiger partial charge in [0.1, 0.15) is 6.61 Å². The lowest BCUT2D eigenvalue weighted by Gasteiger charge is -2.12. The van der Waals surface area contributed by atoms with Crippen LogP contribution in [0.25, 0.3) is 0 Å². The summed E-state index contributed by atoms with van der Waals surface area (Å²) in [6, 6.07) is 19.5. The standard InChI is InChI=1S/C17H19NO2/c1-18-16(12-14-8-4-2-5-9-14)17(19)20-13-15-10-6-3-7-11-15/h2-11,16,18H,12-13H2,1H3/p+1/t16-/m0/s1. The van der Waals surface area contributed by atoms with Crippen molar-refractivity contribution in [2.24, 2.45) is 0 Å². The molecule has 2 aromatic carbocycles. The normalized spacial score (nSPS) is 11.8. The highest BCUT2D eigenvalue weighted by Crippen LogP contribution is 2.05. The minimum absolute atomic E-state index is 0.166. The summed E-state index contributed by atoms with van der Waals surface area (Å²) in [4.78, 5) is 12.1. The van der Waals surface area contributed by atoms with Gasteiger partial charge in [-0.15, -0.1) is 0 Å². The molecule has 0 radical (unpaired) electrons. The summed E-state index contributed by atoms with van der Waals surface area (Å²) in [5.41, 5.74) is 2.16. The number of rotatable bonds is 6. The zero-order valence-corrected chi connectivity index (χ0v) is 11.7. The fraction of sp³-hybridized carbons (Fsp3) is 0.235. The van der Waals surface area contributed by atoms with E-state index in [2.05, 4.69) is 0 Å². The highest BCUT2D eigenvalue weighted by atomic mass is 16.5. The summed E-state index contributed by atoms with van der Waals surface area (Å²) in [7, 11) is 1.90. The van der Waals surface area contributed by atoms with Crippen LogP contribution < -0.4 is 5.32 Å². The molecule has 0 aliphatic rings. The van der Waals surface area contributed by atoms with Crippen LogP contribution in [0.3, 0.4) is 0 Å². The predicted octanol–water partition coefficient (Wildman–Crippen LogP) is 1.53. The third kappa shape index (κ3) is 4.21. The maximum Gasteiger partial charge on any atom is 0.365 e. The first kappa shape index (κ1) is 14.3. The molecule has 104 valence electrons. The molecule has 2 N–H and O–H groups in total. The predicted molar refractivity (Wildman–Crippen MR) is 78.0 cm³/mol. The van der Waals surface area contributed by atoms with Gasteiger partial charge in [0, 0.05) is 6.42 Å². The van der Waals surface area contributed by atoms with Crippen molar-refractivity contribution < 1.29 is 14.8 Å². The summed E-state index contributed by atoms with van der Waals surface area (Å²) in [6.07, 6.45) is 0.685. The molecule has 3 nitrogen and oxygen atoms in total. The second-order valence-corrected chi connectivity index (χ2v) is 4.72. The zero-order chi connectivity index (χ0) is 14.2. The largest absolute Gasteiger partial charge is 0.456 e. The Hall–Kier alpha value is -2.13. The molecule has 3 heteroatoms. The van der Waals surface area contributed by atoms with E-state index in [4.69, 9.17) is 4.74 Å². The molecule has 0 bridgehead atoms. The van der Waals surface area contributed by atoms with Gasteiger partial charge in [-0.05, 0) is 11.1 Å². The summed E-state index contributed by atoms with van der Waals surface area (Å²) in [5, 5.41) is 1.90. The van der Waals surface area contributed by atoms with Crippen molar-refractivity contribution in [1.29, 1.82) is 0 Å². The second kappa shape index (κ2) is 7.46. The van der Waals surface area contributed by atoms with Crippen LogP contribution in [0.2, 0.25) is 0 Å². The van der Waals surface area contributed by atoms with Crippen molar-refractivity contribution in [3.8, 4) is 0 Å². The van der Waals surface area contributed by atoms with Gasteiger partial charge in [0.05, 0.1) is 7.05 Å². The molecule has 0 heterocycles. The van der Waals surface area contributed by atoms with Gasteiger partial charge in [0.2, 0.25) is 0 Å². The van der Waals surface area contributed by atoms with Crippen LogP contribution in [0, 0.1) is 0 Å². The van der Waals surface area contributed by atoms with Crippen LogP contribution in [0.15, 0.2) is 60.7 Å². The van der Waals surface area contributed by atoms with Gasteiger partial charge in [-0.1, -0.05) is 60.7 Å². The van der Waals surface area contributed by atoms with Crippen molar-refractivity contribution in [3.63, 3.8) is 0 Å². The van der Waals surface area contributed by atoms with E-state index >= 15 is 0 Å². The maximum absolute atomic E-state index is 12.1. The third-order valence-electron chi connectivity index (χ3n) is 3.23. The molecule has 0 saturated carbocycles. The van der Waals surface area contributed by atoms with E-state index in [1.54, 1.807) is 0 Å². The fourth-order valence-electron chi connectivity index (χ4n) is 2.04. The number of ether oxygens (including phenoxy) is 1. The zero-order valence-electron chi connectivity index (χ0n) is 11.7. The van der Waals surface area contributed by atoms with Crippen LogP contribution in [0.4, 0.5) is 0 Å². The third-order valence-corrected chi connectivity index (χ3v) is 3.23. The van der Waals surface area contributed by atoms with Crippen LogP contribution in [-0.4, -0.2) is 19.1 Å². The molecule has 1 atom stereocenters. The lowest BCUT2D eigenvalue weighted by molar-refractivity contribution is -0.651. The van der Waals surface area contributed by atoms with E-state index in [0.29, 0.717) is 13.0 Å². The molecule has 2 aromatic rings. The van der Waals surface area contributed by atoms with E-state index < -0.39 is 0 Å². The van der Waals surface area contributed by atoms with E-state index in [0.717, 1.165) is 11.1 Å². The number of carbonyl (C=O) groups is 1. The summed E-state index contributed by atoms with van der Waals surface area (Å²) >= 11 is 0. The molecule has 2 rings (SSSR count). The topological polar surface area (TPSA) is 42.9 Å². The number of carbonyl (C=O) groups excluding carboxylic acids is 1. The summed E-state index contributed by atoms with van der Waals surface area (Å²) in [6.45, 7) is 0.332. The van der Waals surface area contributed by atoms with E-state index in [9.17, 15) is 4.79 Å². The number of hydrogen-bond donors (Lipinski definition) is 1. The smallest absolute Gasteiger partial charge is 0.365 e. The van der Waals surface area contributed by atoms with E-state index in [1.165, 1.54) is 0 Å². The summed E-state index contributed by atoms with van der Waals surface area (Å²) < 4.78 is 5.38. The maximum atomic E-state index is 12.1. The monoisotopic (exact) mass is 270 g/mol. The molecular weight excluding hydrogens is 250 g/mol. The first-order valence-electron chi connectivity index (χ1n) is 6.83. The Morgan fingerprint density at radius 1 is 1.00 bits per heavy atom. The molecule has 0 aliphatic carbocycles. The van der Waals surface area contributed by atoms with Crippen molar-refractivity contribution in [3.05, 3.63) is 71.8 Å². The number of nitrogens with two attached hydrogens (primary N) is 1. The van der Waals surface area contributed by atoms with Crippen LogP contribution in [0.1, 0.15) is 11.1 Å². The Bertz CT molecular complexity index is 525. The van der Waals surface area contributed by atoms with Crippen molar-refractivity contribution >= 4 is 5.97 Å². The minimum atomic E-state index is -0.193. The lowest BCUT2D eigenvalue weighted by Crippen LogP contribution is -2.89. The quantitative estimate of drug-likeness (QED) is 0.809. The SMILES string of the molecule is C[NH2+][C@@H](Cc1ccccc1)C(=O)OCc1ccccc1. The highest BCUT2D eigenvalue weighted by Gasteiger charge is 2.22. The minimum Gasteiger partial charge on any atom is -0.456 e. The molecular formula is C17H20NO2+. The van der Waals surface area contributed by atoms with Crippen molar-refractivity contribution in [2.75, 3.05) is 7.05 Å². The first-order valence-corrected chi connectivity index (χ1v) is 6.83. The Morgan fingerprint density at radius 2 is 1.55 bits per heavy atom. The van der Waals surface area contributed by atoms with Crippen LogP contribution in [0.5, 0.6) is 0 Å². The average Bonchev–Trinajstić information content (AvgIpc) is 2.52. The average molecular weight is 270 g/mol. The van der Waals surface area contributed by atoms with Crippen LogP contribution in [-0.2, 0) is 22.6 Å². The summed E-state index contributed by atoms with van der Waals surface area (Å²) in [5.74, 6) is -0.166. The fourth-order valence-corrected chi connectivity index (χ4v) is 2.04. The lowest BCUT2D eigenvalue weighted by atomic mass is 10.1. The molecule has 0 aromatic heterocycles. The highest BCUT2D eigenvalue weighted by molar-refractivity contribution is 5.74. The molecule has 0 saturated heterocycles. The van der Waals surface area contributed by atoms with Gasteiger partial charge >= 0.3 is 5.97 Å². The molecule has 0 aliphatic heterocycles. The van der Waals surface area contributed by atoms with Gasteiger partial charge in [-0.3, -0.25) is 0 Å². The van der Waals surface area contributed by atoms with Gasteiger partial charge < -0.3 is 10.1 Å². The van der Waals surface area contributed by atoms with Gasteiger partial charge in [0.15, 0.2) is 6.04 Å². The molecule has 0 unspecified atom stereocenters. The number of likely N-dealkylation sites (N-methyl/N-ethyl adjacent to an activating group) is 1. The van der Waals surface area contributed by atoms with Crippen molar-refractivity contribution in [2.45, 2.75) is 19.1 Å².